The molecular weight excluding hydrogens is 236 g/mol. The number of nitrogen functional groups attached to an aromatic ring is 1. The Balaban J connectivity index is 2.75. The number of hydrogen-bond donors (Lipinski definition) is 2. The fraction of sp³-hybridized carbons (Fsp3) is 0.200. The topological polar surface area (TPSA) is 89.6 Å². The molecule has 0 aliphatic heterocycles. The Hall–Kier alpha value is -2.18. The molecule has 0 fully saturated rings. The Morgan fingerprint density at radius 1 is 1.29 bits per heavy atom. The molecule has 0 aliphatic carbocycles. The molecule has 0 saturated carbocycles. The zero-order valence-corrected chi connectivity index (χ0v) is 8.57. The number of carbonyl (C=O) groups excluding carboxylic acids is 1. The Bertz CT molecular complexity index is 462. The predicted molar refractivity (Wildman–Crippen MR) is 53.3 cm³/mol. The Labute approximate surface area is 94.8 Å². The second-order valence-electron chi connectivity index (χ2n) is 3.13. The molecular formula is C10H9F2NO4. The van der Waals surface area contributed by atoms with E-state index in [4.69, 9.17) is 10.8 Å². The highest BCUT2D eigenvalue weighted by Gasteiger charge is 2.16. The summed E-state index contributed by atoms with van der Waals surface area (Å²) < 4.78 is 30.4. The fourth-order valence-corrected chi connectivity index (χ4v) is 1.03. The lowest BCUT2D eigenvalue weighted by molar-refractivity contribution is -0.137. The molecule has 3 N–H and O–H groups in total. The molecule has 1 rings (SSSR count). The van der Waals surface area contributed by atoms with Crippen molar-refractivity contribution in [1.82, 2.24) is 0 Å². The number of halogens is 2. The van der Waals surface area contributed by atoms with Crippen LogP contribution >= 0.6 is 0 Å². The number of nitrogens with two attached hydrogens (primary N) is 1. The molecule has 0 unspecified atom stereocenters. The van der Waals surface area contributed by atoms with E-state index < -0.39 is 47.9 Å². The van der Waals surface area contributed by atoms with Gasteiger partial charge in [-0.1, -0.05) is 0 Å². The number of benzene rings is 1. The maximum atomic E-state index is 13.2. The van der Waals surface area contributed by atoms with Crippen LogP contribution in [0.25, 0.3) is 0 Å². The van der Waals surface area contributed by atoms with Crippen LogP contribution in [0.1, 0.15) is 16.8 Å². The van der Waals surface area contributed by atoms with Crippen LogP contribution in [-0.4, -0.2) is 23.7 Å². The monoisotopic (exact) mass is 245 g/mol. The maximum absolute atomic E-state index is 13.2. The number of hydrogen-bond acceptors (Lipinski definition) is 4. The minimum atomic E-state index is -1.16. The summed E-state index contributed by atoms with van der Waals surface area (Å²) >= 11 is 0. The highest BCUT2D eigenvalue weighted by atomic mass is 19.1. The third-order valence-corrected chi connectivity index (χ3v) is 1.86. The summed E-state index contributed by atoms with van der Waals surface area (Å²) in [5, 5.41) is 8.30. The third-order valence-electron chi connectivity index (χ3n) is 1.86. The van der Waals surface area contributed by atoms with Crippen molar-refractivity contribution in [2.75, 3.05) is 12.3 Å². The Morgan fingerprint density at radius 3 is 2.53 bits per heavy atom. The average molecular weight is 245 g/mol. The fourth-order valence-electron chi connectivity index (χ4n) is 1.03. The van der Waals surface area contributed by atoms with Crippen molar-refractivity contribution in [1.29, 1.82) is 0 Å². The minimum Gasteiger partial charge on any atom is -0.481 e. The lowest BCUT2D eigenvalue weighted by Crippen LogP contribution is -2.12. The van der Waals surface area contributed by atoms with Gasteiger partial charge in [0.15, 0.2) is 0 Å². The average Bonchev–Trinajstić information content (AvgIpc) is 2.22. The summed E-state index contributed by atoms with van der Waals surface area (Å²) in [7, 11) is 0. The van der Waals surface area contributed by atoms with Gasteiger partial charge in [-0.2, -0.15) is 0 Å². The van der Waals surface area contributed by atoms with Gasteiger partial charge in [0.1, 0.15) is 18.2 Å². The molecule has 5 nitrogen and oxygen atoms in total. The van der Waals surface area contributed by atoms with Gasteiger partial charge in [0.05, 0.1) is 17.7 Å². The number of anilines is 1. The summed E-state index contributed by atoms with van der Waals surface area (Å²) in [5.74, 6) is -4.34. The van der Waals surface area contributed by atoms with Gasteiger partial charge in [-0.05, 0) is 6.07 Å². The van der Waals surface area contributed by atoms with Gasteiger partial charge < -0.3 is 15.6 Å². The van der Waals surface area contributed by atoms with Crippen LogP contribution < -0.4 is 5.73 Å². The first kappa shape index (κ1) is 12.9. The number of aliphatic carboxylic acids is 1. The van der Waals surface area contributed by atoms with Crippen molar-refractivity contribution in [2.45, 2.75) is 6.42 Å². The molecule has 1 aromatic carbocycles. The molecule has 7 heteroatoms. The maximum Gasteiger partial charge on any atom is 0.341 e. The molecule has 0 bridgehead atoms. The van der Waals surface area contributed by atoms with Crippen molar-refractivity contribution < 1.29 is 28.2 Å². The number of esters is 1. The standard InChI is InChI=1S/C10H9F2NO4/c11-6-4-7(12)8(13)3-5(6)10(16)17-2-1-9(14)15/h3-4H,1-2,13H2,(H,14,15). The van der Waals surface area contributed by atoms with Crippen LogP contribution in [-0.2, 0) is 9.53 Å². The van der Waals surface area contributed by atoms with E-state index in [1.165, 1.54) is 0 Å². The summed E-state index contributed by atoms with van der Waals surface area (Å²) in [4.78, 5) is 21.4. The van der Waals surface area contributed by atoms with E-state index in [9.17, 15) is 18.4 Å². The van der Waals surface area contributed by atoms with E-state index in [2.05, 4.69) is 4.74 Å². The molecule has 0 amide bonds. The van der Waals surface area contributed by atoms with E-state index in [0.29, 0.717) is 6.07 Å². The molecule has 0 radical (unpaired) electrons. The van der Waals surface area contributed by atoms with Gasteiger partial charge in [0, 0.05) is 6.07 Å². The van der Waals surface area contributed by atoms with Gasteiger partial charge in [0.2, 0.25) is 0 Å². The second kappa shape index (κ2) is 5.24. The van der Waals surface area contributed by atoms with E-state index in [0.717, 1.165) is 6.07 Å². The van der Waals surface area contributed by atoms with Crippen LogP contribution in [0.2, 0.25) is 0 Å². The van der Waals surface area contributed by atoms with Gasteiger partial charge in [0.25, 0.3) is 0 Å². The third kappa shape index (κ3) is 3.40. The second-order valence-corrected chi connectivity index (χ2v) is 3.13. The SMILES string of the molecule is Nc1cc(C(=O)OCCC(=O)O)c(F)cc1F. The molecule has 0 spiro atoms. The molecule has 17 heavy (non-hydrogen) atoms. The van der Waals surface area contributed by atoms with E-state index in [1.807, 2.05) is 0 Å². The summed E-state index contributed by atoms with van der Waals surface area (Å²) in [6, 6.07) is 1.26. The molecule has 0 heterocycles. The lowest BCUT2D eigenvalue weighted by atomic mass is 10.2. The van der Waals surface area contributed by atoms with Crippen molar-refractivity contribution >= 4 is 17.6 Å². The lowest BCUT2D eigenvalue weighted by Gasteiger charge is -2.05. The van der Waals surface area contributed by atoms with Crippen molar-refractivity contribution in [3.63, 3.8) is 0 Å². The molecule has 1 aromatic rings. The van der Waals surface area contributed by atoms with Crippen LogP contribution in [0.4, 0.5) is 14.5 Å². The zero-order chi connectivity index (χ0) is 13.0. The normalized spacial score (nSPS) is 10.0. The van der Waals surface area contributed by atoms with Crippen molar-refractivity contribution in [3.05, 3.63) is 29.3 Å². The number of rotatable bonds is 4. The van der Waals surface area contributed by atoms with Crippen LogP contribution in [0.5, 0.6) is 0 Å². The smallest absolute Gasteiger partial charge is 0.341 e. The Kier molecular flexibility index (Phi) is 3.97. The molecule has 0 aliphatic rings. The largest absolute Gasteiger partial charge is 0.481 e. The minimum absolute atomic E-state index is 0.392. The highest BCUT2D eigenvalue weighted by molar-refractivity contribution is 5.90. The highest BCUT2D eigenvalue weighted by Crippen LogP contribution is 2.17. The number of carbonyl (C=O) groups is 2. The van der Waals surface area contributed by atoms with E-state index in [1.54, 1.807) is 0 Å². The van der Waals surface area contributed by atoms with Crippen molar-refractivity contribution in [3.8, 4) is 0 Å². The molecule has 0 aromatic heterocycles. The first-order valence-electron chi connectivity index (χ1n) is 4.55. The number of carboxylic acids is 1. The summed E-state index contributed by atoms with van der Waals surface area (Å²) in [5.41, 5.74) is 4.24. The van der Waals surface area contributed by atoms with Gasteiger partial charge in [-0.25, -0.2) is 13.6 Å². The predicted octanol–water partition coefficient (Wildman–Crippen LogP) is 1.18. The molecule has 0 atom stereocenters. The van der Waals surface area contributed by atoms with E-state index >= 15 is 0 Å². The summed E-state index contributed by atoms with van der Waals surface area (Å²) in [6.07, 6.45) is -0.399. The first-order valence-corrected chi connectivity index (χ1v) is 4.55. The molecule has 0 saturated heterocycles. The van der Waals surface area contributed by atoms with E-state index in [-0.39, 0.29) is 0 Å². The van der Waals surface area contributed by atoms with Gasteiger partial charge in [-0.3, -0.25) is 4.79 Å². The van der Waals surface area contributed by atoms with Gasteiger partial charge in [-0.15, -0.1) is 0 Å². The van der Waals surface area contributed by atoms with Crippen LogP contribution in [0, 0.1) is 11.6 Å². The number of ether oxygens (including phenoxy) is 1. The van der Waals surface area contributed by atoms with Crippen LogP contribution in [0.3, 0.4) is 0 Å². The molecule has 92 valence electrons. The van der Waals surface area contributed by atoms with Crippen LogP contribution in [0.15, 0.2) is 12.1 Å². The first-order chi connectivity index (χ1) is 7.91. The Morgan fingerprint density at radius 2 is 1.94 bits per heavy atom. The van der Waals surface area contributed by atoms with Gasteiger partial charge >= 0.3 is 11.9 Å². The quantitative estimate of drug-likeness (QED) is 0.614. The van der Waals surface area contributed by atoms with Crippen molar-refractivity contribution in [2.24, 2.45) is 0 Å². The zero-order valence-electron chi connectivity index (χ0n) is 8.57. The summed E-state index contributed by atoms with van der Waals surface area (Å²) in [6.45, 7) is -0.398. The number of carboxylic acid groups (broad SMARTS) is 1.